The molecule has 0 N–H and O–H groups in total. The topological polar surface area (TPSA) is 108 Å². The Hall–Kier alpha value is -2.16. The van der Waals surface area contributed by atoms with Crippen molar-refractivity contribution >= 4 is 23.9 Å². The molecule has 0 heterocycles. The summed E-state index contributed by atoms with van der Waals surface area (Å²) in [4.78, 5) is 53.6. The minimum atomic E-state index is -0.533. The van der Waals surface area contributed by atoms with Crippen molar-refractivity contribution in [2.24, 2.45) is 11.8 Å². The summed E-state index contributed by atoms with van der Waals surface area (Å²) in [6.07, 6.45) is 32.0. The first-order valence-electron chi connectivity index (χ1n) is 25.7. The summed E-state index contributed by atoms with van der Waals surface area (Å²) in [6.45, 7) is 15.9. The van der Waals surface area contributed by atoms with Crippen molar-refractivity contribution < 1.29 is 38.1 Å². The first kappa shape index (κ1) is 57.8. The van der Waals surface area contributed by atoms with Gasteiger partial charge in [-0.05, 0) is 77.3 Å². The highest BCUT2D eigenvalue weighted by atomic mass is 16.6. The highest BCUT2D eigenvalue weighted by Gasteiger charge is 2.22. The lowest BCUT2D eigenvalue weighted by molar-refractivity contribution is -0.160. The van der Waals surface area contributed by atoms with Gasteiger partial charge < -0.3 is 23.8 Å². The number of hydrogen-bond donors (Lipinski definition) is 0. The molecule has 0 fully saturated rings. The van der Waals surface area contributed by atoms with Crippen LogP contribution in [0.25, 0.3) is 0 Å². The normalized spacial score (nSPS) is 12.9. The highest BCUT2D eigenvalue weighted by molar-refractivity contribution is 5.73. The number of esters is 4. The first-order chi connectivity index (χ1) is 29.3. The van der Waals surface area contributed by atoms with Crippen molar-refractivity contribution in [3.63, 3.8) is 0 Å². The number of carbonyl (C=O) groups excluding carboxylic acids is 4. The van der Waals surface area contributed by atoms with Crippen LogP contribution in [0.3, 0.4) is 0 Å². The zero-order valence-corrected chi connectivity index (χ0v) is 40.3. The van der Waals surface area contributed by atoms with Gasteiger partial charge in [-0.25, -0.2) is 0 Å². The van der Waals surface area contributed by atoms with E-state index in [9.17, 15) is 19.2 Å². The smallest absolute Gasteiger partial charge is 0.308 e. The van der Waals surface area contributed by atoms with E-state index in [4.69, 9.17) is 18.9 Å². The molecule has 3 atom stereocenters. The Morgan fingerprint density at radius 2 is 0.750 bits per heavy atom. The molecule has 0 saturated carbocycles. The summed E-state index contributed by atoms with van der Waals surface area (Å²) in [5.41, 5.74) is 0. The third-order valence-electron chi connectivity index (χ3n) is 11.9. The molecule has 354 valence electrons. The third kappa shape index (κ3) is 35.4. The summed E-state index contributed by atoms with van der Waals surface area (Å²) < 4.78 is 22.9. The van der Waals surface area contributed by atoms with Gasteiger partial charge in [0.15, 0.2) is 0 Å². The Balaban J connectivity index is 4.58. The van der Waals surface area contributed by atoms with Gasteiger partial charge in [-0.2, -0.15) is 0 Å². The minimum Gasteiger partial charge on any atom is -0.465 e. The molecule has 2 unspecified atom stereocenters. The fraction of sp³-hybridized carbons (Fsp3) is 0.922. The summed E-state index contributed by atoms with van der Waals surface area (Å²) in [7, 11) is 0. The second-order valence-electron chi connectivity index (χ2n) is 17.4. The van der Waals surface area contributed by atoms with Gasteiger partial charge in [0.05, 0.1) is 25.0 Å². The molecule has 0 bridgehead atoms. The van der Waals surface area contributed by atoms with E-state index in [-0.39, 0.29) is 55.2 Å². The molecule has 0 amide bonds. The van der Waals surface area contributed by atoms with Crippen LogP contribution in [-0.2, 0) is 38.1 Å². The molecule has 0 radical (unpaired) electrons. The number of unbranched alkanes of at least 4 members (excludes halogenated alkanes) is 20. The van der Waals surface area contributed by atoms with Crippen LogP contribution < -0.4 is 0 Å². The van der Waals surface area contributed by atoms with E-state index in [1.807, 2.05) is 0 Å². The lowest BCUT2D eigenvalue weighted by Crippen LogP contribution is -2.38. The van der Waals surface area contributed by atoms with Crippen molar-refractivity contribution in [1.82, 2.24) is 4.90 Å². The van der Waals surface area contributed by atoms with Gasteiger partial charge >= 0.3 is 23.9 Å². The quantitative estimate of drug-likeness (QED) is 0.0336. The first-order valence-corrected chi connectivity index (χ1v) is 25.7. The van der Waals surface area contributed by atoms with Crippen molar-refractivity contribution in [2.75, 3.05) is 39.5 Å². The zero-order chi connectivity index (χ0) is 44.3. The molecule has 0 aliphatic carbocycles. The van der Waals surface area contributed by atoms with E-state index >= 15 is 0 Å². The molecule has 9 heteroatoms. The molecule has 0 spiro atoms. The summed E-state index contributed by atoms with van der Waals surface area (Å²) in [5.74, 6) is -0.702. The predicted molar refractivity (Wildman–Crippen MR) is 248 cm³/mol. The fourth-order valence-corrected chi connectivity index (χ4v) is 7.81. The predicted octanol–water partition coefficient (Wildman–Crippen LogP) is 13.7. The Morgan fingerprint density at radius 1 is 0.400 bits per heavy atom. The number of ether oxygens (including phenoxy) is 4. The van der Waals surface area contributed by atoms with Gasteiger partial charge in [-0.1, -0.05) is 170 Å². The van der Waals surface area contributed by atoms with E-state index < -0.39 is 6.10 Å². The average molecular weight is 852 g/mol. The molecule has 0 aromatic rings. The summed E-state index contributed by atoms with van der Waals surface area (Å²) in [6, 6.07) is 0. The monoisotopic (exact) mass is 852 g/mol. The molecule has 0 aliphatic heterocycles. The van der Waals surface area contributed by atoms with Gasteiger partial charge in [0.1, 0.15) is 12.7 Å². The maximum absolute atomic E-state index is 13.0. The average Bonchev–Trinajstić information content (AvgIpc) is 3.24. The molecule has 0 aromatic heterocycles. The van der Waals surface area contributed by atoms with Crippen LogP contribution in [0.1, 0.15) is 247 Å². The molecule has 9 nitrogen and oxygen atoms in total. The van der Waals surface area contributed by atoms with Crippen LogP contribution in [0.2, 0.25) is 0 Å². The van der Waals surface area contributed by atoms with Gasteiger partial charge in [0.25, 0.3) is 0 Å². The Labute approximate surface area is 370 Å². The number of likely N-dealkylation sites (N-methyl/N-ethyl adjacent to an activating group) is 1. The SMILES string of the molecule is CCCCCCCCC(CCCCCC)C(=O)OCCCCCC(=O)OCC(CN(CC)CC)OC(=O)CCCCCOC(=O)[C@@H](CCCCCC)CCCCCCCC. The van der Waals surface area contributed by atoms with Gasteiger partial charge in [0, 0.05) is 19.4 Å². The fourth-order valence-electron chi connectivity index (χ4n) is 7.81. The molecule has 0 aliphatic rings. The van der Waals surface area contributed by atoms with Crippen molar-refractivity contribution in [2.45, 2.75) is 253 Å². The van der Waals surface area contributed by atoms with E-state index in [0.29, 0.717) is 32.6 Å². The number of hydrogen-bond acceptors (Lipinski definition) is 9. The second kappa shape index (κ2) is 43.5. The van der Waals surface area contributed by atoms with E-state index in [2.05, 4.69) is 46.4 Å². The largest absolute Gasteiger partial charge is 0.465 e. The Morgan fingerprint density at radius 3 is 1.15 bits per heavy atom. The summed E-state index contributed by atoms with van der Waals surface area (Å²) >= 11 is 0. The standard InChI is InChI=1S/C51H97NO8/c1-7-13-17-21-23-29-37-45(35-27-19-15-9-3)50(55)57-41-33-25-31-39-48(53)59-44-47(43-52(11-5)12-6)60-49(54)40-32-26-34-42-58-51(56)46(36-28-20-16-10-4)38-30-24-22-18-14-8-2/h45-47H,7-44H2,1-6H3/t45?,46-,47?/m0/s1. The van der Waals surface area contributed by atoms with Crippen LogP contribution in [0.4, 0.5) is 0 Å². The zero-order valence-electron chi connectivity index (χ0n) is 40.3. The maximum atomic E-state index is 13.0. The third-order valence-corrected chi connectivity index (χ3v) is 11.9. The van der Waals surface area contributed by atoms with Crippen LogP contribution in [0.15, 0.2) is 0 Å². The molecule has 0 saturated heterocycles. The van der Waals surface area contributed by atoms with Gasteiger partial charge in [0.2, 0.25) is 0 Å². The Bertz CT molecular complexity index is 1000. The maximum Gasteiger partial charge on any atom is 0.308 e. The lowest BCUT2D eigenvalue weighted by atomic mass is 9.94. The van der Waals surface area contributed by atoms with E-state index in [1.54, 1.807) is 0 Å². The number of carbonyl (C=O) groups is 4. The van der Waals surface area contributed by atoms with E-state index in [0.717, 1.165) is 90.1 Å². The van der Waals surface area contributed by atoms with Crippen LogP contribution >= 0.6 is 0 Å². The van der Waals surface area contributed by atoms with Crippen molar-refractivity contribution in [3.05, 3.63) is 0 Å². The Kier molecular flexibility index (Phi) is 41.9. The van der Waals surface area contributed by atoms with Crippen LogP contribution in [-0.4, -0.2) is 74.3 Å². The summed E-state index contributed by atoms with van der Waals surface area (Å²) in [5, 5.41) is 0. The molecule has 60 heavy (non-hydrogen) atoms. The molecule has 0 aromatic carbocycles. The molecular formula is C51H97NO8. The van der Waals surface area contributed by atoms with Crippen LogP contribution in [0, 0.1) is 11.8 Å². The van der Waals surface area contributed by atoms with Gasteiger partial charge in [-0.15, -0.1) is 0 Å². The van der Waals surface area contributed by atoms with Crippen LogP contribution in [0.5, 0.6) is 0 Å². The van der Waals surface area contributed by atoms with E-state index in [1.165, 1.54) is 103 Å². The van der Waals surface area contributed by atoms with Crippen molar-refractivity contribution in [3.8, 4) is 0 Å². The van der Waals surface area contributed by atoms with Gasteiger partial charge in [-0.3, -0.25) is 19.2 Å². The second-order valence-corrected chi connectivity index (χ2v) is 17.4. The number of rotatable bonds is 45. The lowest BCUT2D eigenvalue weighted by Gasteiger charge is -2.25. The van der Waals surface area contributed by atoms with Crippen molar-refractivity contribution in [1.29, 1.82) is 0 Å². The molecule has 0 rings (SSSR count). The number of nitrogens with zero attached hydrogens (tertiary/aromatic N) is 1. The minimum absolute atomic E-state index is 0.000144. The molecular weight excluding hydrogens is 755 g/mol. The highest BCUT2D eigenvalue weighted by Crippen LogP contribution is 2.22.